The molecular formula is C20H25N3OS. The van der Waals surface area contributed by atoms with E-state index in [0.29, 0.717) is 5.41 Å². The van der Waals surface area contributed by atoms with E-state index in [0.717, 1.165) is 50.4 Å². The van der Waals surface area contributed by atoms with Crippen LogP contribution in [-0.2, 0) is 6.54 Å². The van der Waals surface area contributed by atoms with Crippen molar-refractivity contribution in [3.05, 3.63) is 52.5 Å². The van der Waals surface area contributed by atoms with Crippen LogP contribution < -0.4 is 0 Å². The lowest BCUT2D eigenvalue weighted by molar-refractivity contribution is 0.0287. The molecule has 2 aliphatic heterocycles. The summed E-state index contributed by atoms with van der Waals surface area (Å²) in [6.45, 7) is 5.16. The van der Waals surface area contributed by atoms with Crippen LogP contribution in [0.15, 0.2) is 42.0 Å². The first-order valence-corrected chi connectivity index (χ1v) is 10.1. The van der Waals surface area contributed by atoms with Crippen molar-refractivity contribution in [1.82, 2.24) is 14.8 Å². The van der Waals surface area contributed by atoms with Crippen LogP contribution in [0.3, 0.4) is 0 Å². The Morgan fingerprint density at radius 3 is 2.48 bits per heavy atom. The normalized spacial score (nSPS) is 20.7. The van der Waals surface area contributed by atoms with Gasteiger partial charge in [-0.25, -0.2) is 0 Å². The minimum Gasteiger partial charge on any atom is -0.338 e. The maximum atomic E-state index is 12.5. The fraction of sp³-hybridized carbons (Fsp3) is 0.500. The number of rotatable bonds is 3. The van der Waals surface area contributed by atoms with Crippen molar-refractivity contribution >= 4 is 17.2 Å². The second kappa shape index (κ2) is 7.26. The number of piperidine rings is 2. The number of amides is 1. The summed E-state index contributed by atoms with van der Waals surface area (Å²) in [5, 5.41) is 1.98. The van der Waals surface area contributed by atoms with Gasteiger partial charge in [0.15, 0.2) is 0 Å². The molecule has 0 radical (unpaired) electrons. The molecule has 0 unspecified atom stereocenters. The van der Waals surface area contributed by atoms with Crippen molar-refractivity contribution in [3.63, 3.8) is 0 Å². The van der Waals surface area contributed by atoms with Gasteiger partial charge < -0.3 is 4.90 Å². The predicted octanol–water partition coefficient (Wildman–Crippen LogP) is 3.66. The number of hydrogen-bond acceptors (Lipinski definition) is 4. The Kier molecular flexibility index (Phi) is 4.86. The summed E-state index contributed by atoms with van der Waals surface area (Å²) < 4.78 is 0. The molecule has 0 aliphatic carbocycles. The van der Waals surface area contributed by atoms with E-state index in [1.54, 1.807) is 11.3 Å². The van der Waals surface area contributed by atoms with Gasteiger partial charge in [-0.3, -0.25) is 14.7 Å². The molecule has 4 nitrogen and oxygen atoms in total. The number of aromatic nitrogens is 1. The average Bonchev–Trinajstić information content (AvgIpc) is 3.20. The van der Waals surface area contributed by atoms with E-state index in [1.165, 1.54) is 18.4 Å². The van der Waals surface area contributed by atoms with E-state index < -0.39 is 0 Å². The van der Waals surface area contributed by atoms with Crippen LogP contribution in [0.25, 0.3) is 0 Å². The number of thiophene rings is 1. The molecular weight excluding hydrogens is 330 g/mol. The smallest absolute Gasteiger partial charge is 0.263 e. The van der Waals surface area contributed by atoms with E-state index in [2.05, 4.69) is 20.9 Å². The van der Waals surface area contributed by atoms with Crippen LogP contribution in [0.5, 0.6) is 0 Å². The van der Waals surface area contributed by atoms with Gasteiger partial charge in [0.1, 0.15) is 0 Å². The summed E-state index contributed by atoms with van der Waals surface area (Å²) in [4.78, 5) is 22.2. The zero-order valence-electron chi connectivity index (χ0n) is 14.6. The molecule has 0 atom stereocenters. The lowest BCUT2D eigenvalue weighted by atomic mass is 9.71. The molecule has 25 heavy (non-hydrogen) atoms. The van der Waals surface area contributed by atoms with Crippen LogP contribution in [0, 0.1) is 5.41 Å². The quantitative estimate of drug-likeness (QED) is 0.843. The molecule has 2 aromatic rings. The fourth-order valence-corrected chi connectivity index (χ4v) is 4.87. The van der Waals surface area contributed by atoms with Crippen LogP contribution in [0.1, 0.15) is 40.9 Å². The van der Waals surface area contributed by atoms with Crippen molar-refractivity contribution in [2.45, 2.75) is 32.2 Å². The van der Waals surface area contributed by atoms with Gasteiger partial charge in [0.2, 0.25) is 0 Å². The maximum Gasteiger partial charge on any atom is 0.263 e. The summed E-state index contributed by atoms with van der Waals surface area (Å²) in [6.07, 6.45) is 8.64. The number of pyridine rings is 1. The highest BCUT2D eigenvalue weighted by atomic mass is 32.1. The molecule has 5 heteroatoms. The van der Waals surface area contributed by atoms with Gasteiger partial charge in [-0.1, -0.05) is 12.1 Å². The Hall–Kier alpha value is -1.72. The highest BCUT2D eigenvalue weighted by Crippen LogP contribution is 2.41. The topological polar surface area (TPSA) is 36.4 Å². The maximum absolute atomic E-state index is 12.5. The standard InChI is InChI=1S/C20H25N3OS/c24-19(18-4-2-14-25-18)23-12-7-20(8-13-23)5-10-22(11-6-20)16-17-3-1-9-21-15-17/h1-4,9,14-15H,5-8,10-13,16H2. The fourth-order valence-electron chi connectivity index (χ4n) is 4.18. The van der Waals surface area contributed by atoms with Crippen LogP contribution >= 0.6 is 11.3 Å². The Labute approximate surface area is 153 Å². The highest BCUT2D eigenvalue weighted by Gasteiger charge is 2.38. The van der Waals surface area contributed by atoms with Gasteiger partial charge in [-0.05, 0) is 67.3 Å². The first kappa shape index (κ1) is 16.7. The van der Waals surface area contributed by atoms with Gasteiger partial charge in [0, 0.05) is 32.0 Å². The SMILES string of the molecule is O=C(c1cccs1)N1CCC2(CCN(Cc3cccnc3)CC2)CC1. The predicted molar refractivity (Wildman–Crippen MR) is 101 cm³/mol. The number of carbonyl (C=O) groups excluding carboxylic acids is 1. The molecule has 2 fully saturated rings. The summed E-state index contributed by atoms with van der Waals surface area (Å²) in [5.41, 5.74) is 1.76. The molecule has 1 amide bonds. The molecule has 2 aromatic heterocycles. The minimum absolute atomic E-state index is 0.221. The van der Waals surface area contributed by atoms with Crippen LogP contribution in [0.2, 0.25) is 0 Å². The summed E-state index contributed by atoms with van der Waals surface area (Å²) in [6, 6.07) is 8.07. The van der Waals surface area contributed by atoms with E-state index in [-0.39, 0.29) is 5.91 Å². The second-order valence-electron chi connectivity index (χ2n) is 7.41. The average molecular weight is 356 g/mol. The lowest BCUT2D eigenvalue weighted by Crippen LogP contribution is -2.48. The van der Waals surface area contributed by atoms with E-state index in [4.69, 9.17) is 0 Å². The lowest BCUT2D eigenvalue weighted by Gasteiger charge is -2.46. The number of nitrogens with zero attached hydrogens (tertiary/aromatic N) is 3. The number of carbonyl (C=O) groups is 1. The molecule has 4 heterocycles. The van der Waals surface area contributed by atoms with Gasteiger partial charge in [0.25, 0.3) is 5.91 Å². The van der Waals surface area contributed by atoms with E-state index in [9.17, 15) is 4.79 Å². The molecule has 132 valence electrons. The third kappa shape index (κ3) is 3.77. The molecule has 2 saturated heterocycles. The van der Waals surface area contributed by atoms with Gasteiger partial charge in [-0.15, -0.1) is 11.3 Å². The van der Waals surface area contributed by atoms with Crippen molar-refractivity contribution in [2.75, 3.05) is 26.2 Å². The number of hydrogen-bond donors (Lipinski definition) is 0. The molecule has 0 aromatic carbocycles. The highest BCUT2D eigenvalue weighted by molar-refractivity contribution is 7.12. The van der Waals surface area contributed by atoms with Gasteiger partial charge >= 0.3 is 0 Å². The van der Waals surface area contributed by atoms with Crippen molar-refractivity contribution in [2.24, 2.45) is 5.41 Å². The molecule has 0 saturated carbocycles. The third-order valence-corrected chi connectivity index (χ3v) is 6.75. The zero-order valence-corrected chi connectivity index (χ0v) is 15.4. The summed E-state index contributed by atoms with van der Waals surface area (Å²) in [5.74, 6) is 0.221. The molecule has 0 N–H and O–H groups in total. The Morgan fingerprint density at radius 2 is 1.84 bits per heavy atom. The zero-order chi connectivity index (χ0) is 17.1. The van der Waals surface area contributed by atoms with Crippen molar-refractivity contribution < 1.29 is 4.79 Å². The molecule has 2 aliphatic rings. The van der Waals surface area contributed by atoms with Crippen molar-refractivity contribution in [1.29, 1.82) is 0 Å². The molecule has 1 spiro atoms. The largest absolute Gasteiger partial charge is 0.338 e. The molecule has 0 bridgehead atoms. The van der Waals surface area contributed by atoms with Crippen LogP contribution in [-0.4, -0.2) is 46.9 Å². The van der Waals surface area contributed by atoms with E-state index >= 15 is 0 Å². The Morgan fingerprint density at radius 1 is 1.08 bits per heavy atom. The summed E-state index contributed by atoms with van der Waals surface area (Å²) in [7, 11) is 0. The van der Waals surface area contributed by atoms with Gasteiger partial charge in [0.05, 0.1) is 4.88 Å². The molecule has 4 rings (SSSR count). The first-order valence-electron chi connectivity index (χ1n) is 9.18. The van der Waals surface area contributed by atoms with E-state index in [1.807, 2.05) is 36.0 Å². The van der Waals surface area contributed by atoms with Gasteiger partial charge in [-0.2, -0.15) is 0 Å². The van der Waals surface area contributed by atoms with Crippen molar-refractivity contribution in [3.8, 4) is 0 Å². The van der Waals surface area contributed by atoms with Crippen LogP contribution in [0.4, 0.5) is 0 Å². The minimum atomic E-state index is 0.221. The summed E-state index contributed by atoms with van der Waals surface area (Å²) >= 11 is 1.55. The monoisotopic (exact) mass is 355 g/mol. The second-order valence-corrected chi connectivity index (χ2v) is 8.35. The Balaban J connectivity index is 1.29. The Bertz CT molecular complexity index is 683. The first-order chi connectivity index (χ1) is 12.2. The third-order valence-electron chi connectivity index (χ3n) is 5.89. The number of likely N-dealkylation sites (tertiary alicyclic amines) is 2.